The van der Waals surface area contributed by atoms with Crippen LogP contribution in [0.25, 0.3) is 0 Å². The summed E-state index contributed by atoms with van der Waals surface area (Å²) in [6.45, 7) is 3.69. The van der Waals surface area contributed by atoms with Crippen LogP contribution in [0.5, 0.6) is 5.75 Å². The summed E-state index contributed by atoms with van der Waals surface area (Å²) in [4.78, 5) is 4.24. The highest BCUT2D eigenvalue weighted by Gasteiger charge is 2.26. The van der Waals surface area contributed by atoms with Crippen molar-refractivity contribution in [1.82, 2.24) is 4.31 Å². The Labute approximate surface area is 106 Å². The Morgan fingerprint density at radius 1 is 1.41 bits per heavy atom. The number of thiophene rings is 1. The first kappa shape index (κ1) is 14.1. The third kappa shape index (κ3) is 2.85. The molecule has 0 unspecified atom stereocenters. The van der Waals surface area contributed by atoms with Crippen LogP contribution >= 0.6 is 11.3 Å². The van der Waals surface area contributed by atoms with Crippen LogP contribution < -0.4 is 4.74 Å². The monoisotopic (exact) mass is 276 g/mol. The Morgan fingerprint density at radius 2 is 2.00 bits per heavy atom. The van der Waals surface area contributed by atoms with Crippen LogP contribution in [0.3, 0.4) is 0 Å². The van der Waals surface area contributed by atoms with Crippen molar-refractivity contribution in [3.8, 4) is 5.75 Å². The summed E-state index contributed by atoms with van der Waals surface area (Å²) >= 11 is 1.12. The van der Waals surface area contributed by atoms with Crippen molar-refractivity contribution in [2.75, 3.05) is 21.2 Å². The molecular weight excluding hydrogens is 260 g/mol. The van der Waals surface area contributed by atoms with Crippen molar-refractivity contribution in [2.45, 2.75) is 18.1 Å². The molecule has 0 N–H and O–H groups in total. The molecule has 0 aromatic carbocycles. The van der Waals surface area contributed by atoms with Gasteiger partial charge in [-0.25, -0.2) is 12.7 Å². The van der Waals surface area contributed by atoms with Crippen LogP contribution in [0.4, 0.5) is 5.69 Å². The molecule has 96 valence electrons. The van der Waals surface area contributed by atoms with Crippen LogP contribution in [-0.2, 0) is 10.0 Å². The van der Waals surface area contributed by atoms with Gasteiger partial charge in [0, 0.05) is 25.2 Å². The number of ether oxygens (including phenoxy) is 1. The lowest BCUT2D eigenvalue weighted by Crippen LogP contribution is -2.21. The molecule has 0 radical (unpaired) electrons. The third-order valence-electron chi connectivity index (χ3n) is 1.96. The minimum atomic E-state index is -3.48. The van der Waals surface area contributed by atoms with Gasteiger partial charge in [-0.2, -0.15) is 0 Å². The SMILES string of the molecule is COc1c(N=C(C)C)csc1S(=O)(=O)N(C)C. The molecule has 0 spiro atoms. The summed E-state index contributed by atoms with van der Waals surface area (Å²) in [7, 11) is 0.945. The second kappa shape index (κ2) is 5.16. The molecule has 1 aromatic rings. The van der Waals surface area contributed by atoms with E-state index >= 15 is 0 Å². The van der Waals surface area contributed by atoms with Crippen molar-refractivity contribution >= 4 is 32.8 Å². The van der Waals surface area contributed by atoms with E-state index in [0.717, 1.165) is 21.4 Å². The molecule has 5 nitrogen and oxygen atoms in total. The van der Waals surface area contributed by atoms with E-state index in [1.165, 1.54) is 21.2 Å². The van der Waals surface area contributed by atoms with E-state index < -0.39 is 10.0 Å². The van der Waals surface area contributed by atoms with Crippen LogP contribution in [0.2, 0.25) is 0 Å². The Morgan fingerprint density at radius 3 is 2.41 bits per heavy atom. The Hall–Kier alpha value is -0.920. The molecule has 0 amide bonds. The summed E-state index contributed by atoms with van der Waals surface area (Å²) < 4.78 is 30.5. The molecule has 0 fully saturated rings. The van der Waals surface area contributed by atoms with Gasteiger partial charge in [0.05, 0.1) is 7.11 Å². The van der Waals surface area contributed by atoms with Crippen LogP contribution in [0.1, 0.15) is 13.8 Å². The molecule has 0 aliphatic rings. The van der Waals surface area contributed by atoms with Gasteiger partial charge >= 0.3 is 0 Å². The quantitative estimate of drug-likeness (QED) is 0.791. The van der Waals surface area contributed by atoms with Gasteiger partial charge in [-0.3, -0.25) is 4.99 Å². The minimum Gasteiger partial charge on any atom is -0.492 e. The van der Waals surface area contributed by atoms with E-state index in [-0.39, 0.29) is 4.21 Å². The maximum Gasteiger partial charge on any atom is 0.255 e. The lowest BCUT2D eigenvalue weighted by molar-refractivity contribution is 0.406. The summed E-state index contributed by atoms with van der Waals surface area (Å²) in [6, 6.07) is 0. The molecule has 0 atom stereocenters. The summed E-state index contributed by atoms with van der Waals surface area (Å²) in [6.07, 6.45) is 0. The fourth-order valence-corrected chi connectivity index (χ4v) is 3.68. The molecule has 17 heavy (non-hydrogen) atoms. The molecule has 0 aliphatic carbocycles. The van der Waals surface area contributed by atoms with Crippen LogP contribution in [0.15, 0.2) is 14.6 Å². The van der Waals surface area contributed by atoms with Crippen molar-refractivity contribution in [1.29, 1.82) is 0 Å². The van der Waals surface area contributed by atoms with Gasteiger partial charge < -0.3 is 4.74 Å². The number of hydrogen-bond acceptors (Lipinski definition) is 5. The molecule has 7 heteroatoms. The van der Waals surface area contributed by atoms with Gasteiger partial charge in [0.1, 0.15) is 5.69 Å². The minimum absolute atomic E-state index is 0.185. The fourth-order valence-electron chi connectivity index (χ4n) is 1.17. The third-order valence-corrected chi connectivity index (χ3v) is 5.24. The predicted molar refractivity (Wildman–Crippen MR) is 70.2 cm³/mol. The molecule has 1 rings (SSSR count). The largest absolute Gasteiger partial charge is 0.492 e. The molecule has 1 heterocycles. The van der Waals surface area contributed by atoms with Crippen LogP contribution in [-0.4, -0.2) is 39.6 Å². The zero-order chi connectivity index (χ0) is 13.2. The van der Waals surface area contributed by atoms with E-state index in [2.05, 4.69) is 4.99 Å². The highest BCUT2D eigenvalue weighted by molar-refractivity contribution is 7.91. The standard InChI is InChI=1S/C10H16N2O3S2/c1-7(2)11-8-6-16-10(9(8)15-5)17(13,14)12(3)4/h6H,1-5H3. The summed E-state index contributed by atoms with van der Waals surface area (Å²) in [5.74, 6) is 0.310. The number of sulfonamides is 1. The van der Waals surface area contributed by atoms with Gasteiger partial charge in [-0.05, 0) is 13.8 Å². The van der Waals surface area contributed by atoms with E-state index in [1.807, 2.05) is 13.8 Å². The zero-order valence-electron chi connectivity index (χ0n) is 10.5. The maximum atomic E-state index is 12.0. The number of nitrogens with zero attached hydrogens (tertiary/aromatic N) is 2. The van der Waals surface area contributed by atoms with Crippen LogP contribution in [0, 0.1) is 0 Å². The lowest BCUT2D eigenvalue weighted by atomic mass is 10.4. The number of rotatable bonds is 4. The van der Waals surface area contributed by atoms with Crippen molar-refractivity contribution in [2.24, 2.45) is 4.99 Å². The Kier molecular flexibility index (Phi) is 4.29. The van der Waals surface area contributed by atoms with Gasteiger partial charge in [0.15, 0.2) is 9.96 Å². The summed E-state index contributed by atoms with van der Waals surface area (Å²) in [5.41, 5.74) is 1.40. The van der Waals surface area contributed by atoms with Gasteiger partial charge in [0.2, 0.25) is 0 Å². The van der Waals surface area contributed by atoms with Crippen molar-refractivity contribution < 1.29 is 13.2 Å². The highest BCUT2D eigenvalue weighted by Crippen LogP contribution is 2.41. The average molecular weight is 276 g/mol. The number of methoxy groups -OCH3 is 1. The first-order valence-electron chi connectivity index (χ1n) is 4.90. The van der Waals surface area contributed by atoms with Crippen molar-refractivity contribution in [3.05, 3.63) is 5.38 Å². The summed E-state index contributed by atoms with van der Waals surface area (Å²) in [5, 5.41) is 1.68. The normalized spacial score (nSPS) is 11.6. The zero-order valence-corrected chi connectivity index (χ0v) is 12.1. The van der Waals surface area contributed by atoms with E-state index in [0.29, 0.717) is 11.4 Å². The Balaban J connectivity index is 3.39. The molecule has 1 aromatic heterocycles. The van der Waals surface area contributed by atoms with E-state index in [9.17, 15) is 8.42 Å². The second-order valence-electron chi connectivity index (χ2n) is 3.79. The molecular formula is C10H16N2O3S2. The van der Waals surface area contributed by atoms with Gasteiger partial charge in [-0.15, -0.1) is 11.3 Å². The first-order chi connectivity index (χ1) is 7.80. The predicted octanol–water partition coefficient (Wildman–Crippen LogP) is 2.12. The van der Waals surface area contributed by atoms with Gasteiger partial charge in [-0.1, -0.05) is 0 Å². The molecule has 0 saturated heterocycles. The number of aliphatic imine (C=N–C) groups is 1. The Bertz CT molecular complexity index is 526. The lowest BCUT2D eigenvalue weighted by Gasteiger charge is -2.11. The topological polar surface area (TPSA) is 59.0 Å². The van der Waals surface area contributed by atoms with Crippen molar-refractivity contribution in [3.63, 3.8) is 0 Å². The smallest absolute Gasteiger partial charge is 0.255 e. The average Bonchev–Trinajstić information content (AvgIpc) is 2.59. The fraction of sp³-hybridized carbons (Fsp3) is 0.500. The highest BCUT2D eigenvalue weighted by atomic mass is 32.2. The van der Waals surface area contributed by atoms with E-state index in [4.69, 9.17) is 4.74 Å². The number of hydrogen-bond donors (Lipinski definition) is 0. The molecule has 0 saturated carbocycles. The first-order valence-corrected chi connectivity index (χ1v) is 7.22. The molecule has 0 aliphatic heterocycles. The van der Waals surface area contributed by atoms with Gasteiger partial charge in [0.25, 0.3) is 10.0 Å². The maximum absolute atomic E-state index is 12.0. The second-order valence-corrected chi connectivity index (χ2v) is 7.01. The molecule has 0 bridgehead atoms. The van der Waals surface area contributed by atoms with E-state index in [1.54, 1.807) is 5.38 Å².